The SMILES string of the molecule is CN(CCc1ccccc1)c1ncc(C(=O)N(CC(=O)O)Cc2ccc(Cl)cc2)c(COc2ccc(Cl)cc2)n1. The molecule has 0 atom stereocenters. The molecule has 1 aromatic heterocycles. The van der Waals surface area contributed by atoms with Crippen molar-refractivity contribution in [3.05, 3.63) is 117 Å². The summed E-state index contributed by atoms with van der Waals surface area (Å²) in [6.45, 7) is 0.180. The summed E-state index contributed by atoms with van der Waals surface area (Å²) in [5, 5.41) is 10.6. The predicted molar refractivity (Wildman–Crippen MR) is 155 cm³/mol. The third-order valence-electron chi connectivity index (χ3n) is 6.09. The molecule has 1 amide bonds. The Morgan fingerprint density at radius 1 is 0.900 bits per heavy atom. The molecule has 0 aliphatic rings. The van der Waals surface area contributed by atoms with Gasteiger partial charge in [0.1, 0.15) is 18.9 Å². The maximum atomic E-state index is 13.7. The van der Waals surface area contributed by atoms with Crippen molar-refractivity contribution in [2.45, 2.75) is 19.6 Å². The number of hydrogen-bond donors (Lipinski definition) is 1. The van der Waals surface area contributed by atoms with E-state index in [1.54, 1.807) is 48.5 Å². The third-order valence-corrected chi connectivity index (χ3v) is 6.60. The molecule has 0 aliphatic carbocycles. The van der Waals surface area contributed by atoms with Gasteiger partial charge in [-0.25, -0.2) is 9.97 Å². The van der Waals surface area contributed by atoms with E-state index in [1.807, 2.05) is 30.1 Å². The number of ether oxygens (including phenoxy) is 1. The van der Waals surface area contributed by atoms with Crippen LogP contribution >= 0.6 is 23.2 Å². The van der Waals surface area contributed by atoms with Gasteiger partial charge in [-0.15, -0.1) is 0 Å². The number of halogens is 2. The summed E-state index contributed by atoms with van der Waals surface area (Å²) in [6.07, 6.45) is 2.21. The molecule has 4 aromatic rings. The van der Waals surface area contributed by atoms with Crippen LogP contribution in [0.15, 0.2) is 85.1 Å². The lowest BCUT2D eigenvalue weighted by Gasteiger charge is -2.23. The van der Waals surface area contributed by atoms with Crippen molar-refractivity contribution < 1.29 is 19.4 Å². The average Bonchev–Trinajstić information content (AvgIpc) is 2.96. The minimum Gasteiger partial charge on any atom is -0.487 e. The number of aliphatic carboxylic acids is 1. The second-order valence-corrected chi connectivity index (χ2v) is 9.98. The van der Waals surface area contributed by atoms with Crippen molar-refractivity contribution >= 4 is 41.0 Å². The summed E-state index contributed by atoms with van der Waals surface area (Å²) in [6, 6.07) is 23.8. The number of carbonyl (C=O) groups excluding carboxylic acids is 1. The number of amides is 1. The zero-order valence-electron chi connectivity index (χ0n) is 21.8. The Kier molecular flexibility index (Phi) is 9.94. The molecule has 4 rings (SSSR count). The van der Waals surface area contributed by atoms with E-state index in [0.29, 0.717) is 34.0 Å². The van der Waals surface area contributed by atoms with Gasteiger partial charge in [-0.3, -0.25) is 9.59 Å². The van der Waals surface area contributed by atoms with Crippen LogP contribution in [0.2, 0.25) is 10.0 Å². The number of carboxylic acids is 1. The number of hydrogen-bond acceptors (Lipinski definition) is 6. The van der Waals surface area contributed by atoms with E-state index in [0.717, 1.165) is 12.0 Å². The Hall–Kier alpha value is -4.14. The van der Waals surface area contributed by atoms with Gasteiger partial charge in [0.05, 0.1) is 11.3 Å². The van der Waals surface area contributed by atoms with E-state index in [4.69, 9.17) is 27.9 Å². The molecule has 0 aliphatic heterocycles. The normalized spacial score (nSPS) is 10.7. The third kappa shape index (κ3) is 8.18. The van der Waals surface area contributed by atoms with Crippen LogP contribution in [0, 0.1) is 0 Å². The summed E-state index contributed by atoms with van der Waals surface area (Å²) in [5.41, 5.74) is 2.41. The van der Waals surface area contributed by atoms with Crippen molar-refractivity contribution in [1.82, 2.24) is 14.9 Å². The zero-order chi connectivity index (χ0) is 28.5. The lowest BCUT2D eigenvalue weighted by Crippen LogP contribution is -2.36. The number of rotatable bonds is 12. The van der Waals surface area contributed by atoms with E-state index >= 15 is 0 Å². The number of nitrogens with zero attached hydrogens (tertiary/aromatic N) is 4. The molecular formula is C30H28Cl2N4O4. The first-order valence-electron chi connectivity index (χ1n) is 12.5. The summed E-state index contributed by atoms with van der Waals surface area (Å²) in [5.74, 6) is -0.696. The Morgan fingerprint density at radius 2 is 1.55 bits per heavy atom. The van der Waals surface area contributed by atoms with Crippen LogP contribution in [0.25, 0.3) is 0 Å². The Balaban J connectivity index is 1.61. The fourth-order valence-electron chi connectivity index (χ4n) is 3.95. The van der Waals surface area contributed by atoms with Crippen LogP contribution in [0.1, 0.15) is 27.2 Å². The molecule has 0 spiro atoms. The summed E-state index contributed by atoms with van der Waals surface area (Å²) >= 11 is 12.0. The first kappa shape index (κ1) is 28.9. The van der Waals surface area contributed by atoms with Gasteiger partial charge in [0, 0.05) is 36.4 Å². The fraction of sp³-hybridized carbons (Fsp3) is 0.200. The predicted octanol–water partition coefficient (Wildman–Crippen LogP) is 5.77. The molecule has 0 saturated heterocycles. The van der Waals surface area contributed by atoms with Crippen LogP contribution < -0.4 is 9.64 Å². The molecule has 40 heavy (non-hydrogen) atoms. The summed E-state index contributed by atoms with van der Waals surface area (Å²) < 4.78 is 5.93. The molecular weight excluding hydrogens is 551 g/mol. The lowest BCUT2D eigenvalue weighted by atomic mass is 10.1. The lowest BCUT2D eigenvalue weighted by molar-refractivity contribution is -0.137. The van der Waals surface area contributed by atoms with Crippen LogP contribution in [-0.4, -0.2) is 52.0 Å². The first-order chi connectivity index (χ1) is 19.3. The highest BCUT2D eigenvalue weighted by Gasteiger charge is 2.24. The van der Waals surface area contributed by atoms with Gasteiger partial charge in [-0.05, 0) is 53.9 Å². The highest BCUT2D eigenvalue weighted by atomic mass is 35.5. The standard InChI is InChI=1S/C30H28Cl2N4O4/c1-35(16-15-21-5-3-2-4-6-21)30-33-17-26(27(34-30)20-40-25-13-11-24(32)12-14-25)29(39)36(19-28(37)38)18-22-7-9-23(31)10-8-22/h2-14,17H,15-16,18-20H2,1H3,(H,37,38). The average molecular weight is 579 g/mol. The van der Waals surface area contributed by atoms with E-state index in [-0.39, 0.29) is 18.7 Å². The molecule has 1 N–H and O–H groups in total. The number of carboxylic acid groups (broad SMARTS) is 1. The Morgan fingerprint density at radius 3 is 2.20 bits per heavy atom. The van der Waals surface area contributed by atoms with E-state index in [9.17, 15) is 14.7 Å². The smallest absolute Gasteiger partial charge is 0.323 e. The molecule has 0 radical (unpaired) electrons. The molecule has 0 bridgehead atoms. The molecule has 10 heteroatoms. The van der Waals surface area contributed by atoms with Crippen molar-refractivity contribution in [2.24, 2.45) is 0 Å². The monoisotopic (exact) mass is 578 g/mol. The van der Waals surface area contributed by atoms with Crippen molar-refractivity contribution in [3.63, 3.8) is 0 Å². The minimum atomic E-state index is -1.14. The van der Waals surface area contributed by atoms with Crippen molar-refractivity contribution in [1.29, 1.82) is 0 Å². The second-order valence-electron chi connectivity index (χ2n) is 9.11. The quantitative estimate of drug-likeness (QED) is 0.228. The number of benzene rings is 3. The molecule has 1 heterocycles. The molecule has 8 nitrogen and oxygen atoms in total. The van der Waals surface area contributed by atoms with Gasteiger partial charge < -0.3 is 19.6 Å². The van der Waals surface area contributed by atoms with Crippen molar-refractivity contribution in [2.75, 3.05) is 25.0 Å². The second kappa shape index (κ2) is 13.8. The van der Waals surface area contributed by atoms with Gasteiger partial charge in [0.25, 0.3) is 5.91 Å². The largest absolute Gasteiger partial charge is 0.487 e. The van der Waals surface area contributed by atoms with Crippen LogP contribution in [0.4, 0.5) is 5.95 Å². The maximum Gasteiger partial charge on any atom is 0.323 e. The number of aromatic nitrogens is 2. The zero-order valence-corrected chi connectivity index (χ0v) is 23.3. The van der Waals surface area contributed by atoms with Crippen molar-refractivity contribution in [3.8, 4) is 5.75 Å². The van der Waals surface area contributed by atoms with Gasteiger partial charge in [0.2, 0.25) is 5.95 Å². The van der Waals surface area contributed by atoms with Crippen LogP contribution in [0.3, 0.4) is 0 Å². The maximum absolute atomic E-state index is 13.7. The molecule has 0 unspecified atom stereocenters. The first-order valence-corrected chi connectivity index (χ1v) is 13.3. The minimum absolute atomic E-state index is 0.0351. The summed E-state index contributed by atoms with van der Waals surface area (Å²) in [7, 11) is 1.88. The number of likely N-dealkylation sites (N-methyl/N-ethyl adjacent to an activating group) is 1. The van der Waals surface area contributed by atoms with Gasteiger partial charge in [-0.1, -0.05) is 65.7 Å². The topological polar surface area (TPSA) is 95.9 Å². The highest BCUT2D eigenvalue weighted by molar-refractivity contribution is 6.30. The van der Waals surface area contributed by atoms with E-state index < -0.39 is 18.4 Å². The van der Waals surface area contributed by atoms with E-state index in [2.05, 4.69) is 22.1 Å². The van der Waals surface area contributed by atoms with E-state index in [1.165, 1.54) is 16.7 Å². The fourth-order valence-corrected chi connectivity index (χ4v) is 4.20. The van der Waals surface area contributed by atoms with Gasteiger partial charge in [-0.2, -0.15) is 0 Å². The van der Waals surface area contributed by atoms with Gasteiger partial charge in [0.15, 0.2) is 0 Å². The molecule has 3 aromatic carbocycles. The van der Waals surface area contributed by atoms with Gasteiger partial charge >= 0.3 is 5.97 Å². The number of anilines is 1. The molecule has 0 fully saturated rings. The van der Waals surface area contributed by atoms with Crippen LogP contribution in [0.5, 0.6) is 5.75 Å². The molecule has 206 valence electrons. The number of carbonyl (C=O) groups is 2. The highest BCUT2D eigenvalue weighted by Crippen LogP contribution is 2.21. The Labute approximate surface area is 242 Å². The molecule has 0 saturated carbocycles. The summed E-state index contributed by atoms with van der Waals surface area (Å²) in [4.78, 5) is 37.6. The Bertz CT molecular complexity index is 1430. The van der Waals surface area contributed by atoms with Crippen LogP contribution in [-0.2, 0) is 24.4 Å².